The Morgan fingerprint density at radius 1 is 0.738 bits per heavy atom. The zero-order valence-corrected chi connectivity index (χ0v) is 24.4. The van der Waals surface area contributed by atoms with Gasteiger partial charge in [-0.25, -0.2) is 5.06 Å². The number of fused-ring (bicyclic) bond motifs is 1. The second-order valence-corrected chi connectivity index (χ2v) is 10.4. The van der Waals surface area contributed by atoms with Crippen LogP contribution in [0.2, 0.25) is 0 Å². The van der Waals surface area contributed by atoms with Gasteiger partial charge >= 0.3 is 0 Å². The van der Waals surface area contributed by atoms with Gasteiger partial charge in [-0.3, -0.25) is 19.7 Å². The molecule has 1 atom stereocenters. The van der Waals surface area contributed by atoms with Gasteiger partial charge in [0.1, 0.15) is 6.17 Å². The number of aromatic nitrogens is 2. The summed E-state index contributed by atoms with van der Waals surface area (Å²) in [6.07, 6.45) is 3.74. The maximum atomic E-state index is 5.63. The minimum atomic E-state index is 0.0535. The molecule has 9 nitrogen and oxygen atoms in total. The zero-order valence-electron chi connectivity index (χ0n) is 24.4. The van der Waals surface area contributed by atoms with E-state index in [-0.39, 0.29) is 6.17 Å². The van der Waals surface area contributed by atoms with Crippen molar-refractivity contribution in [2.45, 2.75) is 32.3 Å². The number of benzene rings is 2. The van der Waals surface area contributed by atoms with Crippen LogP contribution >= 0.6 is 0 Å². The first-order valence-electron chi connectivity index (χ1n) is 14.7. The van der Waals surface area contributed by atoms with Gasteiger partial charge in [-0.15, -0.1) is 0 Å². The summed E-state index contributed by atoms with van der Waals surface area (Å²) in [5.74, 6) is 0. The van der Waals surface area contributed by atoms with Gasteiger partial charge < -0.3 is 21.3 Å². The molecule has 1 aliphatic heterocycles. The van der Waals surface area contributed by atoms with Crippen molar-refractivity contribution < 1.29 is 4.84 Å². The summed E-state index contributed by atoms with van der Waals surface area (Å²) >= 11 is 0. The molecule has 2 aromatic heterocycles. The van der Waals surface area contributed by atoms with E-state index in [0.717, 1.165) is 81.7 Å². The molecule has 42 heavy (non-hydrogen) atoms. The van der Waals surface area contributed by atoms with Crippen LogP contribution in [0.4, 0.5) is 11.4 Å². The van der Waals surface area contributed by atoms with Gasteiger partial charge in [0.15, 0.2) is 0 Å². The van der Waals surface area contributed by atoms with Gasteiger partial charge in [-0.1, -0.05) is 48.5 Å². The van der Waals surface area contributed by atoms with E-state index in [2.05, 4.69) is 84.7 Å². The fourth-order valence-corrected chi connectivity index (χ4v) is 5.11. The molecule has 2 aromatic carbocycles. The topological polar surface area (TPSA) is 89.6 Å². The lowest BCUT2D eigenvalue weighted by Crippen LogP contribution is -2.42. The second kappa shape index (κ2) is 16.0. The lowest BCUT2D eigenvalue weighted by molar-refractivity contribution is 0.151. The number of hydroxylamine groups is 1. The zero-order chi connectivity index (χ0) is 28.8. The first kappa shape index (κ1) is 29.6. The van der Waals surface area contributed by atoms with E-state index < -0.39 is 0 Å². The lowest BCUT2D eigenvalue weighted by Gasteiger charge is -2.24. The fourth-order valence-electron chi connectivity index (χ4n) is 5.11. The van der Waals surface area contributed by atoms with Crippen LogP contribution in [0.3, 0.4) is 0 Å². The number of anilines is 2. The SMILES string of the molecule is CON1c2ccccc2NC1CNCc1ccc(CN(CCNCc2ccccn2)CCNCc2ccccn2)cc1. The standard InChI is InChI=1S/C33H42N8O/c1-42-41-32-11-3-2-10-31(32)39-33(41)25-36-22-27-12-14-28(15-13-27)26-40(20-18-34-23-29-8-4-6-16-37-29)21-19-35-24-30-9-5-7-17-38-30/h2-17,33-36,39H,18-26H2,1H3. The molecule has 4 aromatic rings. The van der Waals surface area contributed by atoms with Crippen LogP contribution in [-0.2, 0) is 31.0 Å². The molecule has 5 rings (SSSR count). The Morgan fingerprint density at radius 2 is 1.36 bits per heavy atom. The molecule has 1 unspecified atom stereocenters. The quantitative estimate of drug-likeness (QED) is 0.143. The van der Waals surface area contributed by atoms with Gasteiger partial charge in [-0.2, -0.15) is 0 Å². The maximum absolute atomic E-state index is 5.63. The molecular weight excluding hydrogens is 524 g/mol. The summed E-state index contributed by atoms with van der Waals surface area (Å²) in [5, 5.41) is 16.1. The molecule has 0 fully saturated rings. The van der Waals surface area contributed by atoms with Crippen molar-refractivity contribution in [3.63, 3.8) is 0 Å². The predicted octanol–water partition coefficient (Wildman–Crippen LogP) is 3.77. The average molecular weight is 567 g/mol. The Labute approximate surface area is 249 Å². The number of nitrogens with one attached hydrogen (secondary N) is 4. The molecular formula is C33H42N8O. The van der Waals surface area contributed by atoms with E-state index in [4.69, 9.17) is 4.84 Å². The van der Waals surface area contributed by atoms with E-state index >= 15 is 0 Å². The van der Waals surface area contributed by atoms with Crippen LogP contribution in [0, 0.1) is 0 Å². The molecule has 0 spiro atoms. The molecule has 3 heterocycles. The minimum absolute atomic E-state index is 0.0535. The molecule has 1 aliphatic rings. The highest BCUT2D eigenvalue weighted by molar-refractivity contribution is 5.74. The highest BCUT2D eigenvalue weighted by Crippen LogP contribution is 2.33. The van der Waals surface area contributed by atoms with Crippen molar-refractivity contribution in [3.8, 4) is 0 Å². The van der Waals surface area contributed by atoms with Gasteiger partial charge in [0, 0.05) is 71.3 Å². The van der Waals surface area contributed by atoms with Crippen molar-refractivity contribution in [2.75, 3.05) is 50.2 Å². The number of pyridine rings is 2. The molecule has 0 radical (unpaired) electrons. The van der Waals surface area contributed by atoms with Crippen LogP contribution in [0.15, 0.2) is 97.3 Å². The van der Waals surface area contributed by atoms with Gasteiger partial charge in [0.05, 0.1) is 29.9 Å². The largest absolute Gasteiger partial charge is 0.361 e. The molecule has 0 aliphatic carbocycles. The summed E-state index contributed by atoms with van der Waals surface area (Å²) < 4.78 is 0. The molecule has 0 saturated carbocycles. The third-order valence-corrected chi connectivity index (χ3v) is 7.31. The van der Waals surface area contributed by atoms with Crippen LogP contribution in [0.25, 0.3) is 0 Å². The molecule has 4 N–H and O–H groups in total. The number of nitrogens with zero attached hydrogens (tertiary/aromatic N) is 4. The number of para-hydroxylation sites is 2. The van der Waals surface area contributed by atoms with Crippen molar-refractivity contribution in [2.24, 2.45) is 0 Å². The van der Waals surface area contributed by atoms with Crippen molar-refractivity contribution in [1.82, 2.24) is 30.8 Å². The summed E-state index contributed by atoms with van der Waals surface area (Å²) in [5.41, 5.74) is 6.87. The Morgan fingerprint density at radius 3 is 1.98 bits per heavy atom. The number of hydrogen-bond donors (Lipinski definition) is 4. The van der Waals surface area contributed by atoms with Gasteiger partial charge in [0.2, 0.25) is 0 Å². The van der Waals surface area contributed by atoms with Crippen molar-refractivity contribution in [3.05, 3.63) is 120 Å². The number of rotatable bonds is 17. The van der Waals surface area contributed by atoms with Gasteiger partial charge in [0.25, 0.3) is 0 Å². The average Bonchev–Trinajstić information content (AvgIpc) is 3.40. The van der Waals surface area contributed by atoms with Crippen LogP contribution < -0.4 is 26.3 Å². The first-order chi connectivity index (χ1) is 20.8. The van der Waals surface area contributed by atoms with Crippen molar-refractivity contribution in [1.29, 1.82) is 0 Å². The second-order valence-electron chi connectivity index (χ2n) is 10.4. The Balaban J connectivity index is 1.08. The van der Waals surface area contributed by atoms with Crippen molar-refractivity contribution >= 4 is 11.4 Å². The molecule has 0 saturated heterocycles. The van der Waals surface area contributed by atoms with Crippen LogP contribution in [0.5, 0.6) is 0 Å². The minimum Gasteiger partial charge on any atom is -0.361 e. The van der Waals surface area contributed by atoms with Gasteiger partial charge in [-0.05, 0) is 47.5 Å². The fraction of sp³-hybridized carbons (Fsp3) is 0.333. The number of hydrogen-bond acceptors (Lipinski definition) is 9. The summed E-state index contributed by atoms with van der Waals surface area (Å²) in [4.78, 5) is 17.0. The highest BCUT2D eigenvalue weighted by atomic mass is 16.7. The molecule has 0 amide bonds. The van der Waals surface area contributed by atoms with E-state index in [9.17, 15) is 0 Å². The Kier molecular flexibility index (Phi) is 11.3. The summed E-state index contributed by atoms with van der Waals surface area (Å²) in [6, 6.07) is 29.2. The molecule has 9 heteroatoms. The summed E-state index contributed by atoms with van der Waals surface area (Å²) in [6.45, 7) is 7.71. The Hall–Kier alpha value is -3.86. The smallest absolute Gasteiger partial charge is 0.138 e. The van der Waals surface area contributed by atoms with E-state index in [1.54, 1.807) is 7.11 Å². The normalized spacial score (nSPS) is 14.2. The maximum Gasteiger partial charge on any atom is 0.138 e. The Bertz CT molecular complexity index is 1280. The lowest BCUT2D eigenvalue weighted by atomic mass is 10.1. The van der Waals surface area contributed by atoms with E-state index in [0.29, 0.717) is 0 Å². The van der Waals surface area contributed by atoms with E-state index in [1.165, 1.54) is 11.1 Å². The monoisotopic (exact) mass is 566 g/mol. The molecule has 0 bridgehead atoms. The van der Waals surface area contributed by atoms with E-state index in [1.807, 2.05) is 53.9 Å². The predicted molar refractivity (Wildman–Crippen MR) is 169 cm³/mol. The van der Waals surface area contributed by atoms with Crippen LogP contribution in [-0.4, -0.2) is 60.9 Å². The summed E-state index contributed by atoms with van der Waals surface area (Å²) in [7, 11) is 1.71. The third-order valence-electron chi connectivity index (χ3n) is 7.31. The third kappa shape index (κ3) is 8.82. The first-order valence-corrected chi connectivity index (χ1v) is 14.7. The highest BCUT2D eigenvalue weighted by Gasteiger charge is 2.28. The van der Waals surface area contributed by atoms with Crippen LogP contribution in [0.1, 0.15) is 22.5 Å². The molecule has 220 valence electrons.